The topological polar surface area (TPSA) is 203 Å². The molecule has 16 heteroatoms. The maximum Gasteiger partial charge on any atom is 0.376 e. The van der Waals surface area contributed by atoms with Crippen LogP contribution in [-0.2, 0) is 41.3 Å². The van der Waals surface area contributed by atoms with Crippen molar-refractivity contribution >= 4 is 107 Å². The number of carbonyl (C=O) groups is 3. The van der Waals surface area contributed by atoms with Crippen molar-refractivity contribution in [3.63, 3.8) is 0 Å². The molecule has 1 aliphatic heterocycles. The molecule has 0 saturated carbocycles. The predicted molar refractivity (Wildman–Crippen MR) is 269 cm³/mol. The van der Waals surface area contributed by atoms with E-state index in [2.05, 4.69) is 86.0 Å². The van der Waals surface area contributed by atoms with Crippen LogP contribution in [-0.4, -0.2) is 54.4 Å². The normalized spacial score (nSPS) is 15.2. The van der Waals surface area contributed by atoms with Crippen molar-refractivity contribution in [3.8, 4) is 0 Å². The van der Waals surface area contributed by atoms with Crippen molar-refractivity contribution in [2.24, 2.45) is 16.6 Å². The van der Waals surface area contributed by atoms with Crippen molar-refractivity contribution in [2.45, 2.75) is 70.5 Å². The Morgan fingerprint density at radius 2 is 1.50 bits per heavy atom. The van der Waals surface area contributed by atoms with Crippen molar-refractivity contribution in [1.29, 1.82) is 0 Å². The van der Waals surface area contributed by atoms with Crippen LogP contribution in [0.1, 0.15) is 58.2 Å². The highest BCUT2D eigenvalue weighted by atomic mass is 127. The number of ether oxygens (including phenoxy) is 1. The molecule has 0 aliphatic carbocycles. The summed E-state index contributed by atoms with van der Waals surface area (Å²) >= 11 is 4.53. The fraction of sp³-hybridized carbons (Fsp3) is 0.229. The first-order valence-corrected chi connectivity index (χ1v) is 23.8. The summed E-state index contributed by atoms with van der Waals surface area (Å²) in [6.07, 6.45) is 11.3. The van der Waals surface area contributed by atoms with Gasteiger partial charge in [0, 0.05) is 37.3 Å². The van der Waals surface area contributed by atoms with E-state index in [0.717, 1.165) is 29.7 Å². The Labute approximate surface area is 401 Å². The van der Waals surface area contributed by atoms with E-state index in [1.54, 1.807) is 51.1 Å². The summed E-state index contributed by atoms with van der Waals surface area (Å²) in [6, 6.07) is 24.7. The molecule has 334 valence electrons. The molecule has 0 aromatic heterocycles. The minimum Gasteiger partial charge on any atom is -0.439 e. The summed E-state index contributed by atoms with van der Waals surface area (Å²) in [5, 5.41) is 8.09. The first-order chi connectivity index (χ1) is 30.2. The minimum absolute atomic E-state index is 0.0427. The number of halogens is 2. The van der Waals surface area contributed by atoms with Gasteiger partial charge in [-0.05, 0) is 141 Å². The summed E-state index contributed by atoms with van der Waals surface area (Å²) < 4.78 is 41.8. The SMILES string of the molecule is CC(=O)NC(C(=O)NC(C)C(=O)Nc1ccc(COC(=[NH+]c2ccc(S(=O)(=O)O)cc2)C(/C=C/C=C/C=C/C2=Nc3ccc(I)cc3C2(C)C)=C(\N)c2ccc(I)cc2)cc1)C(C)C. The second-order valence-electron chi connectivity index (χ2n) is 15.8. The molecule has 1 aliphatic rings. The van der Waals surface area contributed by atoms with Crippen molar-refractivity contribution in [2.75, 3.05) is 5.32 Å². The van der Waals surface area contributed by atoms with E-state index in [-0.39, 0.29) is 34.6 Å². The standard InChI is InChI=1S/C48H50I2N6O7S/c1-29(2)44(53-31(4)57)46(59)52-30(3)45(58)54-36-20-13-32(14-21-36)28-63-47(55-37-22-24-38(25-23-37)64(60,61)62)39(43(51)33-15-17-34(49)18-16-33)11-9-7-8-10-12-42-48(5,6)40-27-35(50)19-26-41(40)56-42/h7-27,29-30,44H,28,51H2,1-6H3,(H,52,59)(H,53,57)(H,54,58)(H,60,61,62)/p+1/b8-7+,11-9+,12-10+,43-39-,55-47?. The first-order valence-electron chi connectivity index (χ1n) is 20.2. The fourth-order valence-electron chi connectivity index (χ4n) is 6.49. The molecule has 4 aromatic carbocycles. The molecule has 3 amide bonds. The Morgan fingerprint density at radius 3 is 2.12 bits per heavy atom. The summed E-state index contributed by atoms with van der Waals surface area (Å²) in [5.74, 6) is -1.20. The Morgan fingerprint density at radius 1 is 0.859 bits per heavy atom. The Hall–Kier alpha value is -5.44. The lowest BCUT2D eigenvalue weighted by molar-refractivity contribution is -0.367. The molecule has 2 unspecified atom stereocenters. The van der Waals surface area contributed by atoms with Crippen molar-refractivity contribution < 1.29 is 37.1 Å². The van der Waals surface area contributed by atoms with Crippen LogP contribution in [0.4, 0.5) is 17.1 Å². The van der Waals surface area contributed by atoms with Gasteiger partial charge in [-0.2, -0.15) is 13.4 Å². The number of nitrogens with one attached hydrogen (secondary N) is 4. The molecule has 5 rings (SSSR count). The van der Waals surface area contributed by atoms with Crippen molar-refractivity contribution in [1.82, 2.24) is 10.6 Å². The van der Waals surface area contributed by atoms with Gasteiger partial charge in [-0.3, -0.25) is 23.9 Å². The maximum atomic E-state index is 13.0. The van der Waals surface area contributed by atoms with Crippen molar-refractivity contribution in [3.05, 3.63) is 157 Å². The van der Waals surface area contributed by atoms with E-state index in [1.807, 2.05) is 66.8 Å². The number of anilines is 1. The molecule has 0 fully saturated rings. The summed E-state index contributed by atoms with van der Waals surface area (Å²) in [4.78, 5) is 45.3. The average molecular weight is 1110 g/mol. The van der Waals surface area contributed by atoms with Crippen LogP contribution in [0.3, 0.4) is 0 Å². The Bertz CT molecular complexity index is 2670. The predicted octanol–water partition coefficient (Wildman–Crippen LogP) is 7.18. The van der Waals surface area contributed by atoms with Gasteiger partial charge in [0.15, 0.2) is 0 Å². The first kappa shape index (κ1) is 49.6. The molecule has 0 bridgehead atoms. The van der Waals surface area contributed by atoms with Crippen LogP contribution in [0, 0.1) is 13.1 Å². The van der Waals surface area contributed by atoms with Crippen LogP contribution >= 0.6 is 45.2 Å². The quantitative estimate of drug-likeness (QED) is 0.0223. The third-order valence-corrected chi connectivity index (χ3v) is 12.4. The van der Waals surface area contributed by atoms with Gasteiger partial charge in [0.05, 0.1) is 22.0 Å². The van der Waals surface area contributed by atoms with E-state index in [1.165, 1.54) is 36.8 Å². The average Bonchev–Trinajstić information content (AvgIpc) is 3.49. The molecule has 0 saturated heterocycles. The van der Waals surface area contributed by atoms with Gasteiger partial charge in [-0.15, -0.1) is 0 Å². The molecular weight excluding hydrogens is 1060 g/mol. The molecule has 0 spiro atoms. The zero-order chi connectivity index (χ0) is 46.8. The van der Waals surface area contributed by atoms with E-state index < -0.39 is 34.0 Å². The zero-order valence-corrected chi connectivity index (χ0v) is 41.3. The summed E-state index contributed by atoms with van der Waals surface area (Å²) in [5.41, 5.74) is 13.0. The number of aliphatic imine (C=N–C) groups is 1. The number of nitrogens with zero attached hydrogens (tertiary/aromatic N) is 1. The largest absolute Gasteiger partial charge is 0.439 e. The zero-order valence-electron chi connectivity index (χ0n) is 36.1. The number of fused-ring (bicyclic) bond motifs is 1. The van der Waals surface area contributed by atoms with E-state index in [9.17, 15) is 27.4 Å². The van der Waals surface area contributed by atoms with Crippen LogP contribution in [0.15, 0.2) is 143 Å². The molecule has 13 nitrogen and oxygen atoms in total. The molecule has 1 heterocycles. The maximum absolute atomic E-state index is 13.0. The second-order valence-corrected chi connectivity index (χ2v) is 19.7. The van der Waals surface area contributed by atoms with Gasteiger partial charge in [-0.25, -0.2) is 0 Å². The van der Waals surface area contributed by atoms with E-state index in [4.69, 9.17) is 15.5 Å². The highest BCUT2D eigenvalue weighted by molar-refractivity contribution is 14.1. The molecule has 0 radical (unpaired) electrons. The monoisotopic (exact) mass is 1110 g/mol. The lowest BCUT2D eigenvalue weighted by atomic mass is 9.81. The third kappa shape index (κ3) is 13.5. The Balaban J connectivity index is 1.40. The molecule has 2 atom stereocenters. The molecular formula is C48H51I2N6O7S+. The highest BCUT2D eigenvalue weighted by Crippen LogP contribution is 2.41. The van der Waals surface area contributed by atoms with Gasteiger partial charge in [-0.1, -0.05) is 76.3 Å². The lowest BCUT2D eigenvalue weighted by Gasteiger charge is -2.23. The Kier molecular flexibility index (Phi) is 17.0. The van der Waals surface area contributed by atoms with Crippen LogP contribution < -0.4 is 26.7 Å². The smallest absolute Gasteiger partial charge is 0.376 e. The number of allylic oxidation sites excluding steroid dienone is 5. The van der Waals surface area contributed by atoms with Gasteiger partial charge < -0.3 is 26.4 Å². The number of hydrogen-bond acceptors (Lipinski definition) is 8. The minimum atomic E-state index is -4.43. The van der Waals surface area contributed by atoms with Gasteiger partial charge in [0.1, 0.15) is 24.3 Å². The van der Waals surface area contributed by atoms with E-state index in [0.29, 0.717) is 22.6 Å². The second kappa shape index (κ2) is 22.0. The number of amides is 3. The van der Waals surface area contributed by atoms with Gasteiger partial charge >= 0.3 is 5.90 Å². The number of hydrogen-bond donors (Lipinski definition) is 6. The van der Waals surface area contributed by atoms with E-state index >= 15 is 0 Å². The summed E-state index contributed by atoms with van der Waals surface area (Å²) in [7, 11) is -4.43. The number of nitrogens with two attached hydrogens (primary N) is 1. The number of carbonyl (C=O) groups excluding carboxylic acids is 3. The van der Waals surface area contributed by atoms with Gasteiger partial charge in [0.2, 0.25) is 23.4 Å². The summed E-state index contributed by atoms with van der Waals surface area (Å²) in [6.45, 7) is 10.8. The fourth-order valence-corrected chi connectivity index (χ4v) is 7.83. The van der Waals surface area contributed by atoms with Crippen LogP contribution in [0.5, 0.6) is 0 Å². The highest BCUT2D eigenvalue weighted by Gasteiger charge is 2.33. The third-order valence-electron chi connectivity index (χ3n) is 10.1. The molecule has 4 aromatic rings. The molecule has 7 N–H and O–H groups in total. The molecule has 64 heavy (non-hydrogen) atoms. The lowest BCUT2D eigenvalue weighted by Crippen LogP contribution is -2.67. The number of rotatable bonds is 16. The van der Waals surface area contributed by atoms with Gasteiger partial charge in [0.25, 0.3) is 10.1 Å². The van der Waals surface area contributed by atoms with Crippen LogP contribution in [0.25, 0.3) is 5.70 Å². The van der Waals surface area contributed by atoms with Crippen LogP contribution in [0.2, 0.25) is 0 Å². The number of benzene rings is 4.